The van der Waals surface area contributed by atoms with E-state index in [1.807, 2.05) is 60.1 Å². The highest BCUT2D eigenvalue weighted by Gasteiger charge is 2.41. The number of carbonyl (C=O) groups is 3. The monoisotopic (exact) mass is 476 g/mol. The van der Waals surface area contributed by atoms with E-state index in [0.717, 1.165) is 29.3 Å². The van der Waals surface area contributed by atoms with Gasteiger partial charge in [0, 0.05) is 42.7 Å². The molecule has 2 aromatic carbocycles. The molecule has 3 amide bonds. The molecule has 0 saturated carbocycles. The van der Waals surface area contributed by atoms with Gasteiger partial charge in [-0.05, 0) is 25.0 Å². The lowest BCUT2D eigenvalue weighted by atomic mass is 9.83. The second-order valence-electron chi connectivity index (χ2n) is 8.89. The summed E-state index contributed by atoms with van der Waals surface area (Å²) < 4.78 is 7.45. The third-order valence-electron chi connectivity index (χ3n) is 6.69. The number of fused-ring (bicyclic) bond motifs is 1. The highest BCUT2D eigenvalue weighted by atomic mass is 16.5. The number of hydrogen-bond donors (Lipinski definition) is 2. The Morgan fingerprint density at radius 3 is 2.60 bits per heavy atom. The Morgan fingerprint density at radius 1 is 1.09 bits per heavy atom. The van der Waals surface area contributed by atoms with Gasteiger partial charge in [-0.25, -0.2) is 0 Å². The van der Waals surface area contributed by atoms with Crippen LogP contribution in [0, 0.1) is 5.92 Å². The van der Waals surface area contributed by atoms with E-state index in [1.165, 1.54) is 0 Å². The topological polar surface area (TPSA) is 92.7 Å². The number of aromatic nitrogens is 1. The van der Waals surface area contributed by atoms with Crippen molar-refractivity contribution >= 4 is 28.6 Å². The number of likely N-dealkylation sites (tertiary alicyclic amines) is 1. The van der Waals surface area contributed by atoms with Gasteiger partial charge in [-0.2, -0.15) is 0 Å². The van der Waals surface area contributed by atoms with Crippen LogP contribution in [0.1, 0.15) is 54.6 Å². The minimum Gasteiger partial charge on any atom is -0.496 e. The summed E-state index contributed by atoms with van der Waals surface area (Å²) in [6.45, 7) is 2.63. The van der Waals surface area contributed by atoms with Gasteiger partial charge in [-0.1, -0.05) is 49.7 Å². The van der Waals surface area contributed by atoms with E-state index in [1.54, 1.807) is 18.2 Å². The number of benzene rings is 2. The number of nitrogens with zero attached hydrogens (tertiary/aromatic N) is 2. The molecule has 2 unspecified atom stereocenters. The molecule has 4 rings (SSSR count). The Kier molecular flexibility index (Phi) is 7.39. The fraction of sp³-hybridized carbons (Fsp3) is 0.370. The van der Waals surface area contributed by atoms with Crippen molar-refractivity contribution in [3.8, 4) is 5.75 Å². The molecule has 35 heavy (non-hydrogen) atoms. The molecular formula is C27H32N4O4. The number of hydrazine groups is 1. The Balaban J connectivity index is 1.57. The van der Waals surface area contributed by atoms with Gasteiger partial charge in [0.2, 0.25) is 11.8 Å². The van der Waals surface area contributed by atoms with Crippen LogP contribution in [0.4, 0.5) is 0 Å². The summed E-state index contributed by atoms with van der Waals surface area (Å²) in [6, 6.07) is 14.6. The van der Waals surface area contributed by atoms with E-state index in [-0.39, 0.29) is 18.2 Å². The molecule has 1 saturated heterocycles. The van der Waals surface area contributed by atoms with Crippen LogP contribution in [-0.4, -0.2) is 40.8 Å². The summed E-state index contributed by atoms with van der Waals surface area (Å²) in [5, 5.41) is 0.808. The predicted octanol–water partition coefficient (Wildman–Crippen LogP) is 3.73. The van der Waals surface area contributed by atoms with Crippen LogP contribution in [-0.2, 0) is 16.6 Å². The van der Waals surface area contributed by atoms with Gasteiger partial charge >= 0.3 is 0 Å². The molecule has 1 aliphatic rings. The summed E-state index contributed by atoms with van der Waals surface area (Å²) in [5.41, 5.74) is 7.41. The van der Waals surface area contributed by atoms with Gasteiger partial charge in [-0.15, -0.1) is 0 Å². The SMILES string of the molecule is CCCCN1C(=O)CCC(C(=O)NNC(=O)c2cn(C)c3ccccc23)C1c1ccccc1OC. The zero-order chi connectivity index (χ0) is 24.9. The van der Waals surface area contributed by atoms with Crippen LogP contribution < -0.4 is 15.6 Å². The number of aryl methyl sites for hydroxylation is 1. The van der Waals surface area contributed by atoms with Crippen molar-refractivity contribution in [2.45, 2.75) is 38.6 Å². The molecule has 2 atom stereocenters. The number of ether oxygens (including phenoxy) is 1. The lowest BCUT2D eigenvalue weighted by Gasteiger charge is -2.41. The Labute approximate surface area is 205 Å². The maximum absolute atomic E-state index is 13.4. The van der Waals surface area contributed by atoms with Crippen molar-refractivity contribution in [1.82, 2.24) is 20.3 Å². The number of piperidine rings is 1. The third-order valence-corrected chi connectivity index (χ3v) is 6.69. The van der Waals surface area contributed by atoms with E-state index in [0.29, 0.717) is 24.3 Å². The molecule has 1 fully saturated rings. The predicted molar refractivity (Wildman–Crippen MR) is 134 cm³/mol. The van der Waals surface area contributed by atoms with Crippen molar-refractivity contribution in [2.75, 3.05) is 13.7 Å². The molecule has 2 N–H and O–H groups in total. The average Bonchev–Trinajstić information content (AvgIpc) is 3.22. The van der Waals surface area contributed by atoms with Gasteiger partial charge in [0.1, 0.15) is 5.75 Å². The van der Waals surface area contributed by atoms with Crippen LogP contribution in [0.2, 0.25) is 0 Å². The quantitative estimate of drug-likeness (QED) is 0.508. The van der Waals surface area contributed by atoms with Gasteiger partial charge < -0.3 is 14.2 Å². The summed E-state index contributed by atoms with van der Waals surface area (Å²) in [5.74, 6) is -0.597. The van der Waals surface area contributed by atoms with E-state index in [4.69, 9.17) is 4.74 Å². The first-order chi connectivity index (χ1) is 17.0. The number of unbranched alkanes of at least 4 members (excludes halogenated alkanes) is 1. The number of nitrogens with one attached hydrogen (secondary N) is 2. The van der Waals surface area contributed by atoms with Gasteiger partial charge in [0.25, 0.3) is 5.91 Å². The van der Waals surface area contributed by atoms with Crippen molar-refractivity contribution < 1.29 is 19.1 Å². The molecular weight excluding hydrogens is 444 g/mol. The first-order valence-electron chi connectivity index (χ1n) is 12.0. The molecule has 3 aromatic rings. The van der Waals surface area contributed by atoms with Gasteiger partial charge in [0.05, 0.1) is 24.6 Å². The minimum atomic E-state index is -0.534. The summed E-state index contributed by atoms with van der Waals surface area (Å²) >= 11 is 0. The van der Waals surface area contributed by atoms with Gasteiger partial charge in [-0.3, -0.25) is 25.2 Å². The zero-order valence-electron chi connectivity index (χ0n) is 20.4. The lowest BCUT2D eigenvalue weighted by Crippen LogP contribution is -2.51. The van der Waals surface area contributed by atoms with E-state index < -0.39 is 17.9 Å². The van der Waals surface area contributed by atoms with E-state index in [2.05, 4.69) is 17.8 Å². The Hall–Kier alpha value is -3.81. The zero-order valence-corrected chi connectivity index (χ0v) is 20.4. The Bertz CT molecular complexity index is 1230. The van der Waals surface area contributed by atoms with Crippen LogP contribution in [0.15, 0.2) is 54.7 Å². The van der Waals surface area contributed by atoms with Crippen molar-refractivity contribution in [2.24, 2.45) is 13.0 Å². The van der Waals surface area contributed by atoms with Crippen LogP contribution in [0.5, 0.6) is 5.75 Å². The number of para-hydroxylation sites is 2. The fourth-order valence-electron chi connectivity index (χ4n) is 4.92. The minimum absolute atomic E-state index is 0.0261. The number of rotatable bonds is 7. The molecule has 0 radical (unpaired) electrons. The molecule has 2 heterocycles. The highest BCUT2D eigenvalue weighted by Crippen LogP contribution is 2.40. The molecule has 184 valence electrons. The lowest BCUT2D eigenvalue weighted by molar-refractivity contribution is -0.143. The van der Waals surface area contributed by atoms with Crippen molar-refractivity contribution in [3.63, 3.8) is 0 Å². The summed E-state index contributed by atoms with van der Waals surface area (Å²) in [6.07, 6.45) is 4.18. The van der Waals surface area contributed by atoms with Crippen molar-refractivity contribution in [3.05, 3.63) is 65.9 Å². The summed E-state index contributed by atoms with van der Waals surface area (Å²) in [4.78, 5) is 41.1. The fourth-order valence-corrected chi connectivity index (χ4v) is 4.92. The number of carbonyl (C=O) groups excluding carboxylic acids is 3. The number of hydrogen-bond acceptors (Lipinski definition) is 4. The average molecular weight is 477 g/mol. The third kappa shape index (κ3) is 4.87. The van der Waals surface area contributed by atoms with E-state index >= 15 is 0 Å². The second-order valence-corrected chi connectivity index (χ2v) is 8.89. The first-order valence-corrected chi connectivity index (χ1v) is 12.0. The van der Waals surface area contributed by atoms with Crippen LogP contribution in [0.25, 0.3) is 10.9 Å². The van der Waals surface area contributed by atoms with Crippen LogP contribution >= 0.6 is 0 Å². The largest absolute Gasteiger partial charge is 0.496 e. The van der Waals surface area contributed by atoms with Crippen molar-refractivity contribution in [1.29, 1.82) is 0 Å². The number of amides is 3. The first kappa shape index (κ1) is 24.3. The number of methoxy groups -OCH3 is 1. The van der Waals surface area contributed by atoms with Gasteiger partial charge in [0.15, 0.2) is 0 Å². The highest BCUT2D eigenvalue weighted by molar-refractivity contribution is 6.07. The van der Waals surface area contributed by atoms with Crippen LogP contribution in [0.3, 0.4) is 0 Å². The maximum Gasteiger partial charge on any atom is 0.271 e. The summed E-state index contributed by atoms with van der Waals surface area (Å²) in [7, 11) is 3.46. The standard InChI is InChI=1S/C27H32N4O4/c1-4-5-16-31-24(32)15-14-20(25(31)19-11-7-9-13-23(19)35-3)26(33)28-29-27(34)21-17-30(2)22-12-8-6-10-18(21)22/h6-13,17,20,25H,4-5,14-16H2,1-3H3,(H,28,33)(H,29,34). The Morgan fingerprint density at radius 2 is 1.83 bits per heavy atom. The smallest absolute Gasteiger partial charge is 0.271 e. The molecule has 1 aromatic heterocycles. The van der Waals surface area contributed by atoms with E-state index in [9.17, 15) is 14.4 Å². The second kappa shape index (κ2) is 10.6. The molecule has 1 aliphatic heterocycles. The molecule has 0 bridgehead atoms. The normalized spacial score (nSPS) is 17.9. The molecule has 0 aliphatic carbocycles. The molecule has 8 heteroatoms. The molecule has 0 spiro atoms. The maximum atomic E-state index is 13.4. The molecule has 8 nitrogen and oxygen atoms in total.